The second-order valence-electron chi connectivity index (χ2n) is 6.66. The maximum absolute atomic E-state index is 12.9. The van der Waals surface area contributed by atoms with Crippen LogP contribution in [0.25, 0.3) is 0 Å². The number of hydrogen-bond donors (Lipinski definition) is 0. The maximum Gasteiger partial charge on any atom is 0.270 e. The van der Waals surface area contributed by atoms with E-state index in [0.29, 0.717) is 10.2 Å². The summed E-state index contributed by atoms with van der Waals surface area (Å²) < 4.78 is 6.27. The lowest BCUT2D eigenvalue weighted by atomic mass is 9.73. The molecule has 2 amide bonds. The molecular formula is C16H13BrN2O5. The number of carbonyl (C=O) groups excluding carboxylic acids is 2. The second kappa shape index (κ2) is 4.52. The van der Waals surface area contributed by atoms with E-state index >= 15 is 0 Å². The summed E-state index contributed by atoms with van der Waals surface area (Å²) in [6.07, 6.45) is 3.68. The van der Waals surface area contributed by atoms with Gasteiger partial charge in [-0.2, -0.15) is 0 Å². The van der Waals surface area contributed by atoms with Crippen LogP contribution in [0, 0.1) is 22.0 Å². The Kier molecular flexibility index (Phi) is 2.91. The standard InChI is InChI=1S/C16H13BrN2O5/c1-15-5-6-16(2,24-15)12-11(15)13(20)18(14(12)21)10-4-3-8(19(22)23)7-9(10)17/h3-7,11-12H,1-2H3/t11-,12+,15-,16-/m1/s1. The highest BCUT2D eigenvalue weighted by Crippen LogP contribution is 2.57. The van der Waals surface area contributed by atoms with Gasteiger partial charge in [0.25, 0.3) is 5.69 Å². The Morgan fingerprint density at radius 2 is 1.71 bits per heavy atom. The van der Waals surface area contributed by atoms with E-state index in [1.807, 2.05) is 12.2 Å². The lowest BCUT2D eigenvalue weighted by Gasteiger charge is -2.25. The van der Waals surface area contributed by atoms with Gasteiger partial charge in [0.05, 0.1) is 33.6 Å². The highest BCUT2D eigenvalue weighted by Gasteiger charge is 2.70. The van der Waals surface area contributed by atoms with Gasteiger partial charge in [-0.3, -0.25) is 19.7 Å². The number of imide groups is 1. The summed E-state index contributed by atoms with van der Waals surface area (Å²) in [6.45, 7) is 3.61. The van der Waals surface area contributed by atoms with Crippen molar-refractivity contribution >= 4 is 39.1 Å². The Balaban J connectivity index is 1.79. The molecule has 0 spiro atoms. The van der Waals surface area contributed by atoms with Crippen molar-refractivity contribution in [2.24, 2.45) is 11.8 Å². The fraction of sp³-hybridized carbons (Fsp3) is 0.375. The van der Waals surface area contributed by atoms with E-state index in [1.165, 1.54) is 18.2 Å². The van der Waals surface area contributed by atoms with Crippen molar-refractivity contribution in [3.05, 3.63) is 44.9 Å². The highest BCUT2D eigenvalue weighted by atomic mass is 79.9. The summed E-state index contributed by atoms with van der Waals surface area (Å²) in [4.78, 5) is 37.3. The van der Waals surface area contributed by atoms with Gasteiger partial charge in [0.15, 0.2) is 0 Å². The van der Waals surface area contributed by atoms with Crippen LogP contribution >= 0.6 is 15.9 Å². The first-order chi connectivity index (χ1) is 11.2. The molecule has 0 N–H and O–H groups in total. The molecule has 8 heteroatoms. The van der Waals surface area contributed by atoms with Gasteiger partial charge in [0, 0.05) is 16.6 Å². The molecule has 2 saturated heterocycles. The van der Waals surface area contributed by atoms with E-state index in [1.54, 1.807) is 13.8 Å². The highest BCUT2D eigenvalue weighted by molar-refractivity contribution is 9.10. The van der Waals surface area contributed by atoms with Crippen molar-refractivity contribution in [3.63, 3.8) is 0 Å². The normalized spacial score (nSPS) is 36.5. The lowest BCUT2D eigenvalue weighted by molar-refractivity contribution is -0.384. The van der Waals surface area contributed by atoms with Crippen molar-refractivity contribution in [3.8, 4) is 0 Å². The number of benzene rings is 1. The molecule has 24 heavy (non-hydrogen) atoms. The van der Waals surface area contributed by atoms with Crippen LogP contribution in [0.5, 0.6) is 0 Å². The molecule has 2 bridgehead atoms. The number of non-ortho nitro benzene ring substituents is 1. The van der Waals surface area contributed by atoms with Gasteiger partial charge < -0.3 is 4.74 Å². The van der Waals surface area contributed by atoms with E-state index in [9.17, 15) is 19.7 Å². The minimum absolute atomic E-state index is 0.117. The van der Waals surface area contributed by atoms with Crippen LogP contribution in [0.1, 0.15) is 13.8 Å². The van der Waals surface area contributed by atoms with Gasteiger partial charge in [-0.1, -0.05) is 12.2 Å². The number of fused-ring (bicyclic) bond motifs is 5. The Morgan fingerprint density at radius 1 is 1.17 bits per heavy atom. The van der Waals surface area contributed by atoms with Gasteiger partial charge in [-0.15, -0.1) is 0 Å². The third-order valence-corrected chi connectivity index (χ3v) is 5.74. The van der Waals surface area contributed by atoms with Crippen LogP contribution < -0.4 is 4.90 Å². The fourth-order valence-corrected chi connectivity index (χ4v) is 4.60. The largest absolute Gasteiger partial charge is 0.359 e. The summed E-state index contributed by atoms with van der Waals surface area (Å²) in [5, 5.41) is 10.9. The molecule has 0 saturated carbocycles. The molecular weight excluding hydrogens is 380 g/mol. The molecule has 3 heterocycles. The predicted octanol–water partition coefficient (Wildman–Crippen LogP) is 2.58. The SMILES string of the molecule is C[C@]12C=C[C@@](C)(O1)[C@H]1C(=O)N(c3ccc([N+](=O)[O-])cc3Br)C(=O)[C@H]12. The molecule has 0 radical (unpaired) electrons. The molecule has 4 atom stereocenters. The van der Waals surface area contributed by atoms with E-state index < -0.39 is 28.0 Å². The maximum atomic E-state index is 12.9. The van der Waals surface area contributed by atoms with Crippen molar-refractivity contribution < 1.29 is 19.2 Å². The number of nitro groups is 1. The summed E-state index contributed by atoms with van der Waals surface area (Å²) >= 11 is 3.24. The smallest absolute Gasteiger partial charge is 0.270 e. The number of carbonyl (C=O) groups is 2. The molecule has 1 aromatic rings. The summed E-state index contributed by atoms with van der Waals surface area (Å²) in [6, 6.07) is 3.98. The van der Waals surface area contributed by atoms with Crippen LogP contribution in [0.2, 0.25) is 0 Å². The first-order valence-electron chi connectivity index (χ1n) is 7.40. The first-order valence-corrected chi connectivity index (χ1v) is 8.19. The van der Waals surface area contributed by atoms with Crippen molar-refractivity contribution in [2.45, 2.75) is 25.0 Å². The number of amides is 2. The summed E-state index contributed by atoms with van der Waals surface area (Å²) in [7, 11) is 0. The Hall–Kier alpha value is -2.06. The summed E-state index contributed by atoms with van der Waals surface area (Å²) in [5.74, 6) is -1.84. The molecule has 0 aromatic heterocycles. The number of nitro benzene ring substituents is 1. The lowest BCUT2D eigenvalue weighted by Crippen LogP contribution is -2.39. The quantitative estimate of drug-likeness (QED) is 0.334. The monoisotopic (exact) mass is 392 g/mol. The zero-order chi connectivity index (χ0) is 17.4. The number of hydrogen-bond acceptors (Lipinski definition) is 5. The van der Waals surface area contributed by atoms with Gasteiger partial charge in [-0.05, 0) is 35.8 Å². The van der Waals surface area contributed by atoms with Gasteiger partial charge >= 0.3 is 0 Å². The Labute approximate surface area is 145 Å². The molecule has 2 fully saturated rings. The third-order valence-electron chi connectivity index (χ3n) is 5.11. The minimum atomic E-state index is -0.797. The van der Waals surface area contributed by atoms with Gasteiger partial charge in [0.1, 0.15) is 0 Å². The predicted molar refractivity (Wildman–Crippen MR) is 87.3 cm³/mol. The van der Waals surface area contributed by atoms with Gasteiger partial charge in [0.2, 0.25) is 11.8 Å². The number of ether oxygens (including phenoxy) is 1. The molecule has 3 aliphatic rings. The summed E-state index contributed by atoms with van der Waals surface area (Å²) in [5.41, 5.74) is -1.40. The number of halogens is 1. The molecule has 1 aromatic carbocycles. The molecule has 0 aliphatic carbocycles. The van der Waals surface area contributed by atoms with E-state index in [4.69, 9.17) is 4.74 Å². The average Bonchev–Trinajstić information content (AvgIpc) is 3.04. The topological polar surface area (TPSA) is 89.8 Å². The zero-order valence-electron chi connectivity index (χ0n) is 12.9. The van der Waals surface area contributed by atoms with Crippen molar-refractivity contribution in [1.82, 2.24) is 0 Å². The number of rotatable bonds is 2. The zero-order valence-corrected chi connectivity index (χ0v) is 14.4. The van der Waals surface area contributed by atoms with Crippen LogP contribution in [0.3, 0.4) is 0 Å². The van der Waals surface area contributed by atoms with Crippen molar-refractivity contribution in [2.75, 3.05) is 4.90 Å². The van der Waals surface area contributed by atoms with E-state index in [-0.39, 0.29) is 17.5 Å². The second-order valence-corrected chi connectivity index (χ2v) is 7.52. The molecule has 7 nitrogen and oxygen atoms in total. The average molecular weight is 393 g/mol. The Bertz CT molecular complexity index is 817. The minimum Gasteiger partial charge on any atom is -0.359 e. The fourth-order valence-electron chi connectivity index (χ4n) is 4.06. The molecule has 124 valence electrons. The van der Waals surface area contributed by atoms with Crippen LogP contribution in [-0.4, -0.2) is 27.9 Å². The van der Waals surface area contributed by atoms with Crippen LogP contribution in [0.4, 0.5) is 11.4 Å². The van der Waals surface area contributed by atoms with E-state index in [0.717, 1.165) is 4.90 Å². The molecule has 0 unspecified atom stereocenters. The van der Waals surface area contributed by atoms with Gasteiger partial charge in [-0.25, -0.2) is 4.90 Å². The Morgan fingerprint density at radius 3 is 2.17 bits per heavy atom. The number of anilines is 1. The van der Waals surface area contributed by atoms with Crippen LogP contribution in [-0.2, 0) is 14.3 Å². The van der Waals surface area contributed by atoms with Crippen molar-refractivity contribution in [1.29, 1.82) is 0 Å². The molecule has 3 aliphatic heterocycles. The number of nitrogens with zero attached hydrogens (tertiary/aromatic N) is 2. The van der Waals surface area contributed by atoms with Crippen LogP contribution in [0.15, 0.2) is 34.8 Å². The van der Waals surface area contributed by atoms with E-state index in [2.05, 4.69) is 15.9 Å². The molecule has 4 rings (SSSR count). The third kappa shape index (κ3) is 1.75. The first kappa shape index (κ1) is 15.5.